The molecule has 4 aliphatic rings. The molecule has 0 radical (unpaired) electrons. The van der Waals surface area contributed by atoms with Crippen molar-refractivity contribution in [3.05, 3.63) is 64.8 Å². The van der Waals surface area contributed by atoms with Gasteiger partial charge in [0, 0.05) is 6.92 Å². The minimum absolute atomic E-state index is 0.130. The number of hydrogen-bond donors (Lipinski definition) is 0. The zero-order valence-electron chi connectivity index (χ0n) is 16.0. The van der Waals surface area contributed by atoms with Gasteiger partial charge in [0.05, 0.1) is 6.54 Å². The minimum atomic E-state index is -0.560. The van der Waals surface area contributed by atoms with E-state index in [-0.39, 0.29) is 5.91 Å². The van der Waals surface area contributed by atoms with E-state index in [0.29, 0.717) is 6.54 Å². The third-order valence-electron chi connectivity index (χ3n) is 6.76. The molecule has 2 fully saturated rings. The van der Waals surface area contributed by atoms with Crippen molar-refractivity contribution >= 4 is 12.0 Å². The van der Waals surface area contributed by atoms with Crippen LogP contribution in [0, 0.1) is 0 Å². The Morgan fingerprint density at radius 1 is 1.07 bits per heavy atom. The van der Waals surface area contributed by atoms with Crippen LogP contribution in [0.5, 0.6) is 0 Å². The predicted octanol–water partition coefficient (Wildman–Crippen LogP) is 5.09. The van der Waals surface area contributed by atoms with Gasteiger partial charge in [0.2, 0.25) is 5.91 Å². The van der Waals surface area contributed by atoms with Gasteiger partial charge in [-0.2, -0.15) is 0 Å². The largest absolute Gasteiger partial charge is 0.338 e. The van der Waals surface area contributed by atoms with Crippen LogP contribution in [0.2, 0.25) is 0 Å². The van der Waals surface area contributed by atoms with Gasteiger partial charge < -0.3 is 9.64 Å². The van der Waals surface area contributed by atoms with Gasteiger partial charge in [-0.05, 0) is 60.8 Å². The highest BCUT2D eigenvalue weighted by molar-refractivity contribution is 5.76. The highest BCUT2D eigenvalue weighted by Gasteiger charge is 2.58. The molecule has 1 amide bonds. The van der Waals surface area contributed by atoms with E-state index in [1.165, 1.54) is 28.7 Å². The summed E-state index contributed by atoms with van der Waals surface area (Å²) in [5.41, 5.74) is 4.00. The summed E-state index contributed by atoms with van der Waals surface area (Å²) in [5.74, 6) is 0.130. The molecule has 140 valence electrons. The third kappa shape index (κ3) is 2.48. The van der Waals surface area contributed by atoms with Gasteiger partial charge in [-0.3, -0.25) is 4.79 Å². The molecule has 3 aliphatic carbocycles. The van der Waals surface area contributed by atoms with Crippen molar-refractivity contribution < 1.29 is 9.53 Å². The molecule has 1 heterocycles. The average Bonchev–Trinajstić information content (AvgIpc) is 2.96. The first kappa shape index (κ1) is 17.0. The second kappa shape index (κ2) is 6.20. The van der Waals surface area contributed by atoms with Gasteiger partial charge in [-0.15, -0.1) is 0 Å². The molecule has 1 unspecified atom stereocenters. The topological polar surface area (TPSA) is 29.5 Å². The minimum Gasteiger partial charge on any atom is -0.338 e. The zero-order valence-corrected chi connectivity index (χ0v) is 16.0. The van der Waals surface area contributed by atoms with Gasteiger partial charge >= 0.3 is 0 Å². The Morgan fingerprint density at radius 2 is 1.89 bits per heavy atom. The Balaban J connectivity index is 1.73. The number of fused-ring (bicyclic) bond motifs is 3. The maximum Gasteiger partial charge on any atom is 0.221 e. The highest BCUT2D eigenvalue weighted by atomic mass is 16.6. The molecule has 1 saturated carbocycles. The molecule has 5 rings (SSSR count). The third-order valence-corrected chi connectivity index (χ3v) is 6.76. The fourth-order valence-electron chi connectivity index (χ4n) is 5.53. The van der Waals surface area contributed by atoms with E-state index in [1.807, 2.05) is 4.90 Å². The van der Waals surface area contributed by atoms with Crippen molar-refractivity contribution in [3.63, 3.8) is 0 Å². The van der Waals surface area contributed by atoms with E-state index in [1.54, 1.807) is 6.92 Å². The smallest absolute Gasteiger partial charge is 0.221 e. The van der Waals surface area contributed by atoms with Gasteiger partial charge in [0.25, 0.3) is 0 Å². The molecule has 0 bridgehead atoms. The number of benzene rings is 1. The molecule has 27 heavy (non-hydrogen) atoms. The fraction of sp³-hybridized carbons (Fsp3) is 0.458. The number of ether oxygens (including phenoxy) is 1. The van der Waals surface area contributed by atoms with Crippen LogP contribution in [0.25, 0.3) is 6.08 Å². The van der Waals surface area contributed by atoms with E-state index in [0.717, 1.165) is 38.5 Å². The normalized spacial score (nSPS) is 28.4. The SMILES string of the molecule is CC(=O)N1CC2(OC13CCCCC3)C1=C(C=Cc3ccccc32)CCC=C1. The molecule has 1 saturated heterocycles. The molecular weight excluding hydrogens is 334 g/mol. The van der Waals surface area contributed by atoms with Crippen LogP contribution in [0.4, 0.5) is 0 Å². The van der Waals surface area contributed by atoms with E-state index in [4.69, 9.17) is 4.74 Å². The summed E-state index contributed by atoms with van der Waals surface area (Å²) in [6, 6.07) is 8.55. The molecule has 3 nitrogen and oxygen atoms in total. The second-order valence-electron chi connectivity index (χ2n) is 8.34. The zero-order chi connectivity index (χ0) is 18.5. The van der Waals surface area contributed by atoms with E-state index < -0.39 is 11.3 Å². The lowest BCUT2D eigenvalue weighted by Gasteiger charge is -2.40. The molecule has 1 atom stereocenters. The number of allylic oxidation sites excluding steroid dienone is 3. The maximum atomic E-state index is 12.7. The van der Waals surface area contributed by atoms with Crippen molar-refractivity contribution in [3.8, 4) is 0 Å². The quantitative estimate of drug-likeness (QED) is 0.644. The van der Waals surface area contributed by atoms with Gasteiger partial charge in [-0.1, -0.05) is 55.0 Å². The monoisotopic (exact) mass is 361 g/mol. The summed E-state index contributed by atoms with van der Waals surface area (Å²) >= 11 is 0. The summed E-state index contributed by atoms with van der Waals surface area (Å²) in [6.07, 6.45) is 16.5. The van der Waals surface area contributed by atoms with Crippen LogP contribution in [0.15, 0.2) is 53.6 Å². The summed E-state index contributed by atoms with van der Waals surface area (Å²) in [6.45, 7) is 2.32. The van der Waals surface area contributed by atoms with Crippen LogP contribution in [0.1, 0.15) is 63.0 Å². The Labute approximate surface area is 161 Å². The summed E-state index contributed by atoms with van der Waals surface area (Å²) in [5, 5.41) is 0. The van der Waals surface area contributed by atoms with Gasteiger partial charge in [0.1, 0.15) is 11.3 Å². The Kier molecular flexibility index (Phi) is 3.90. The van der Waals surface area contributed by atoms with E-state index in [9.17, 15) is 4.79 Å². The maximum absolute atomic E-state index is 12.7. The van der Waals surface area contributed by atoms with E-state index >= 15 is 0 Å². The molecule has 2 spiro atoms. The highest BCUT2D eigenvalue weighted by Crippen LogP contribution is 2.54. The lowest BCUT2D eigenvalue weighted by Crippen LogP contribution is -2.48. The molecule has 0 N–H and O–H groups in total. The standard InChI is InChI=1S/C24H27NO2/c1-18(26)25-17-24(27-23(25)15-7-2-8-16-23)21-11-5-3-9-19(21)13-14-20-10-4-6-12-22(20)24/h3,5-6,9,11-14H,2,4,7-8,10,15-17H2,1H3. The van der Waals surface area contributed by atoms with Crippen molar-refractivity contribution in [2.24, 2.45) is 0 Å². The van der Waals surface area contributed by atoms with Crippen LogP contribution in [-0.4, -0.2) is 23.1 Å². The van der Waals surface area contributed by atoms with Gasteiger partial charge in [-0.25, -0.2) is 0 Å². The second-order valence-corrected chi connectivity index (χ2v) is 8.34. The Bertz CT molecular complexity index is 872. The summed E-state index contributed by atoms with van der Waals surface area (Å²) in [4.78, 5) is 14.7. The summed E-state index contributed by atoms with van der Waals surface area (Å²) < 4.78 is 7.12. The number of hydrogen-bond acceptors (Lipinski definition) is 2. The predicted molar refractivity (Wildman–Crippen MR) is 107 cm³/mol. The van der Waals surface area contributed by atoms with Crippen molar-refractivity contribution in [2.75, 3.05) is 6.54 Å². The van der Waals surface area contributed by atoms with E-state index in [2.05, 4.69) is 48.6 Å². The first-order valence-corrected chi connectivity index (χ1v) is 10.3. The van der Waals surface area contributed by atoms with Crippen LogP contribution in [-0.2, 0) is 15.1 Å². The van der Waals surface area contributed by atoms with Crippen LogP contribution >= 0.6 is 0 Å². The summed E-state index contributed by atoms with van der Waals surface area (Å²) in [7, 11) is 0. The Morgan fingerprint density at radius 3 is 2.70 bits per heavy atom. The molecule has 0 aromatic heterocycles. The number of nitrogens with zero attached hydrogens (tertiary/aromatic N) is 1. The Hall–Kier alpha value is -2.13. The van der Waals surface area contributed by atoms with Crippen LogP contribution in [0.3, 0.4) is 0 Å². The van der Waals surface area contributed by atoms with Crippen molar-refractivity contribution in [1.29, 1.82) is 0 Å². The number of carbonyl (C=O) groups is 1. The lowest BCUT2D eigenvalue weighted by atomic mass is 9.80. The molecule has 1 aromatic rings. The first-order chi connectivity index (χ1) is 13.1. The molecular formula is C24H27NO2. The molecule has 1 aliphatic heterocycles. The van der Waals surface area contributed by atoms with Gasteiger partial charge in [0.15, 0.2) is 0 Å². The number of amides is 1. The fourth-order valence-corrected chi connectivity index (χ4v) is 5.53. The number of rotatable bonds is 0. The first-order valence-electron chi connectivity index (χ1n) is 10.3. The van der Waals surface area contributed by atoms with Crippen molar-refractivity contribution in [1.82, 2.24) is 4.90 Å². The van der Waals surface area contributed by atoms with Crippen molar-refractivity contribution in [2.45, 2.75) is 63.2 Å². The number of carbonyl (C=O) groups excluding carboxylic acids is 1. The molecule has 1 aromatic carbocycles. The molecule has 3 heteroatoms. The average molecular weight is 361 g/mol. The van der Waals surface area contributed by atoms with Crippen LogP contribution < -0.4 is 0 Å². The lowest BCUT2D eigenvalue weighted by molar-refractivity contribution is -0.166.